The highest BCUT2D eigenvalue weighted by molar-refractivity contribution is 5.13. The van der Waals surface area contributed by atoms with Crippen LogP contribution in [0.1, 0.15) is 40.0 Å². The minimum absolute atomic E-state index is 0.744. The van der Waals surface area contributed by atoms with Crippen LogP contribution in [-0.4, -0.2) is 0 Å². The fourth-order valence-electron chi connectivity index (χ4n) is 1.80. The second kappa shape index (κ2) is 5.26. The van der Waals surface area contributed by atoms with Crippen LogP contribution in [0.5, 0.6) is 0 Å². The van der Waals surface area contributed by atoms with E-state index >= 15 is 0 Å². The van der Waals surface area contributed by atoms with Crippen molar-refractivity contribution in [2.45, 2.75) is 40.0 Å². The largest absolute Gasteiger partial charge is 0.0811 e. The molecule has 0 bridgehead atoms. The van der Waals surface area contributed by atoms with Gasteiger partial charge < -0.3 is 0 Å². The zero-order valence-corrected chi connectivity index (χ0v) is 9.16. The van der Waals surface area contributed by atoms with Crippen LogP contribution >= 0.6 is 0 Å². The van der Waals surface area contributed by atoms with Gasteiger partial charge in [0.15, 0.2) is 0 Å². The summed E-state index contributed by atoms with van der Waals surface area (Å²) in [6, 6.07) is 0. The average molecular weight is 178 g/mol. The van der Waals surface area contributed by atoms with Crippen LogP contribution in [0.15, 0.2) is 24.3 Å². The third-order valence-electron chi connectivity index (χ3n) is 3.25. The molecule has 0 aromatic carbocycles. The van der Waals surface area contributed by atoms with Crippen molar-refractivity contribution in [2.24, 2.45) is 17.8 Å². The summed E-state index contributed by atoms with van der Waals surface area (Å²) >= 11 is 0. The summed E-state index contributed by atoms with van der Waals surface area (Å²) in [6.45, 7) is 6.96. The molecular formula is C13H22. The van der Waals surface area contributed by atoms with Gasteiger partial charge in [0, 0.05) is 0 Å². The van der Waals surface area contributed by atoms with E-state index in [1.165, 1.54) is 19.3 Å². The zero-order chi connectivity index (χ0) is 9.68. The lowest BCUT2D eigenvalue weighted by Crippen LogP contribution is -2.10. The van der Waals surface area contributed by atoms with Gasteiger partial charge in [-0.15, -0.1) is 0 Å². The Kier molecular flexibility index (Phi) is 4.27. The third-order valence-corrected chi connectivity index (χ3v) is 3.25. The lowest BCUT2D eigenvalue weighted by atomic mass is 9.84. The van der Waals surface area contributed by atoms with Crippen LogP contribution in [-0.2, 0) is 0 Å². The monoisotopic (exact) mass is 178 g/mol. The van der Waals surface area contributed by atoms with Crippen LogP contribution in [0.25, 0.3) is 0 Å². The van der Waals surface area contributed by atoms with Crippen LogP contribution in [0.3, 0.4) is 0 Å². The van der Waals surface area contributed by atoms with Gasteiger partial charge in [-0.2, -0.15) is 0 Å². The molecule has 0 heteroatoms. The Labute approximate surface area is 82.7 Å². The van der Waals surface area contributed by atoms with Gasteiger partial charge in [0.2, 0.25) is 0 Å². The highest BCUT2D eigenvalue weighted by Gasteiger charge is 2.14. The molecule has 13 heavy (non-hydrogen) atoms. The Morgan fingerprint density at radius 2 is 1.92 bits per heavy atom. The maximum atomic E-state index is 2.37. The summed E-state index contributed by atoms with van der Waals surface area (Å²) in [4.78, 5) is 0. The van der Waals surface area contributed by atoms with E-state index in [1.807, 2.05) is 0 Å². The first-order chi connectivity index (χ1) is 6.24. The van der Waals surface area contributed by atoms with Gasteiger partial charge in [0.25, 0.3) is 0 Å². The van der Waals surface area contributed by atoms with Crippen molar-refractivity contribution >= 4 is 0 Å². The summed E-state index contributed by atoms with van der Waals surface area (Å²) in [7, 11) is 0. The molecule has 74 valence electrons. The smallest absolute Gasteiger partial charge is 0.0170 e. The van der Waals surface area contributed by atoms with E-state index in [9.17, 15) is 0 Å². The second-order valence-electron chi connectivity index (χ2n) is 4.38. The molecule has 1 rings (SSSR count). The number of rotatable bonds is 4. The van der Waals surface area contributed by atoms with Crippen molar-refractivity contribution in [1.82, 2.24) is 0 Å². The Hall–Kier alpha value is -0.520. The van der Waals surface area contributed by atoms with Gasteiger partial charge in [-0.05, 0) is 24.2 Å². The molecule has 1 aliphatic carbocycles. The van der Waals surface area contributed by atoms with Gasteiger partial charge in [0.1, 0.15) is 0 Å². The fourth-order valence-corrected chi connectivity index (χ4v) is 1.80. The first kappa shape index (κ1) is 10.6. The summed E-state index contributed by atoms with van der Waals surface area (Å²) < 4.78 is 0. The lowest BCUT2D eigenvalue weighted by molar-refractivity contribution is 0.398. The molecule has 0 heterocycles. The van der Waals surface area contributed by atoms with Crippen molar-refractivity contribution < 1.29 is 0 Å². The van der Waals surface area contributed by atoms with Gasteiger partial charge >= 0.3 is 0 Å². The second-order valence-corrected chi connectivity index (χ2v) is 4.38. The Bertz CT molecular complexity index is 188. The maximum absolute atomic E-state index is 2.37. The van der Waals surface area contributed by atoms with Gasteiger partial charge in [-0.3, -0.25) is 0 Å². The highest BCUT2D eigenvalue weighted by Crippen LogP contribution is 2.25. The molecule has 0 saturated heterocycles. The summed E-state index contributed by atoms with van der Waals surface area (Å²) in [5.74, 6) is 2.43. The molecular weight excluding hydrogens is 156 g/mol. The first-order valence-corrected chi connectivity index (χ1v) is 5.59. The summed E-state index contributed by atoms with van der Waals surface area (Å²) in [6.07, 6.45) is 13.1. The van der Waals surface area contributed by atoms with Gasteiger partial charge in [-0.25, -0.2) is 0 Å². The SMILES string of the molecule is CCC(C)CCC1C=CC=CC1C. The lowest BCUT2D eigenvalue weighted by Gasteiger charge is -2.21. The minimum atomic E-state index is 0.744. The summed E-state index contributed by atoms with van der Waals surface area (Å²) in [5.41, 5.74) is 0. The quantitative estimate of drug-likeness (QED) is 0.605. The number of hydrogen-bond donors (Lipinski definition) is 0. The molecule has 0 fully saturated rings. The molecule has 0 amide bonds. The minimum Gasteiger partial charge on any atom is -0.0811 e. The van der Waals surface area contributed by atoms with Gasteiger partial charge in [-0.1, -0.05) is 57.9 Å². The Balaban J connectivity index is 2.28. The molecule has 0 nitrogen and oxygen atoms in total. The third kappa shape index (κ3) is 3.38. The van der Waals surface area contributed by atoms with Crippen LogP contribution < -0.4 is 0 Å². The highest BCUT2D eigenvalue weighted by atomic mass is 14.2. The normalized spacial score (nSPS) is 29.2. The molecule has 3 atom stereocenters. The van der Waals surface area contributed by atoms with Gasteiger partial charge in [0.05, 0.1) is 0 Å². The average Bonchev–Trinajstić information content (AvgIpc) is 2.16. The van der Waals surface area contributed by atoms with Crippen molar-refractivity contribution in [3.05, 3.63) is 24.3 Å². The predicted octanol–water partition coefficient (Wildman–Crippen LogP) is 4.19. The van der Waals surface area contributed by atoms with Crippen molar-refractivity contribution in [3.63, 3.8) is 0 Å². The number of allylic oxidation sites excluding steroid dienone is 4. The Morgan fingerprint density at radius 1 is 1.23 bits per heavy atom. The molecule has 1 aliphatic rings. The van der Waals surface area contributed by atoms with Crippen LogP contribution in [0.4, 0.5) is 0 Å². The molecule has 0 aliphatic heterocycles. The van der Waals surface area contributed by atoms with E-state index < -0.39 is 0 Å². The van der Waals surface area contributed by atoms with Crippen LogP contribution in [0.2, 0.25) is 0 Å². The molecule has 0 N–H and O–H groups in total. The van der Waals surface area contributed by atoms with Crippen molar-refractivity contribution in [2.75, 3.05) is 0 Å². The molecule has 3 unspecified atom stereocenters. The first-order valence-electron chi connectivity index (χ1n) is 5.59. The van der Waals surface area contributed by atoms with Crippen LogP contribution in [0, 0.1) is 17.8 Å². The van der Waals surface area contributed by atoms with Crippen molar-refractivity contribution in [3.8, 4) is 0 Å². The molecule has 0 radical (unpaired) electrons. The van der Waals surface area contributed by atoms with E-state index in [0.29, 0.717) is 0 Å². The Morgan fingerprint density at radius 3 is 2.54 bits per heavy atom. The standard InChI is InChI=1S/C13H22/c1-4-11(2)9-10-13-8-6-5-7-12(13)3/h5-8,11-13H,4,9-10H2,1-3H3. The predicted molar refractivity (Wildman–Crippen MR) is 59.6 cm³/mol. The van der Waals surface area contributed by atoms with E-state index in [2.05, 4.69) is 45.1 Å². The van der Waals surface area contributed by atoms with Crippen molar-refractivity contribution in [1.29, 1.82) is 0 Å². The topological polar surface area (TPSA) is 0 Å². The molecule has 0 saturated carbocycles. The maximum Gasteiger partial charge on any atom is -0.0170 e. The molecule has 0 spiro atoms. The molecule has 0 aromatic heterocycles. The van der Waals surface area contributed by atoms with E-state index in [4.69, 9.17) is 0 Å². The summed E-state index contributed by atoms with van der Waals surface area (Å²) in [5, 5.41) is 0. The van der Waals surface area contributed by atoms with E-state index in [0.717, 1.165) is 17.8 Å². The fraction of sp³-hybridized carbons (Fsp3) is 0.692. The van der Waals surface area contributed by atoms with E-state index in [1.54, 1.807) is 0 Å². The van der Waals surface area contributed by atoms with E-state index in [-0.39, 0.29) is 0 Å². The number of hydrogen-bond acceptors (Lipinski definition) is 0. The molecule has 0 aromatic rings. The zero-order valence-electron chi connectivity index (χ0n) is 9.16.